The zero-order valence-corrected chi connectivity index (χ0v) is 33.0. The first-order valence-corrected chi connectivity index (χ1v) is 19.8. The molecule has 1 atom stereocenters. The first-order valence-electron chi connectivity index (χ1n) is 18.9. The molecule has 2 aromatic carbocycles. The topological polar surface area (TPSA) is 67.2 Å². The van der Waals surface area contributed by atoms with E-state index in [1.54, 1.807) is 6.07 Å². The number of fused-ring (bicyclic) bond motifs is 2. The maximum absolute atomic E-state index is 13.3. The average Bonchev–Trinajstić information content (AvgIpc) is 3.62. The number of para-hydroxylation sites is 1. The normalized spacial score (nSPS) is 17.0. The van der Waals surface area contributed by atoms with E-state index < -0.39 is 17.7 Å². The van der Waals surface area contributed by atoms with Gasteiger partial charge in [0.2, 0.25) is 0 Å². The molecule has 2 N–H and O–H groups in total. The first kappa shape index (κ1) is 46.2. The number of piperazine rings is 1. The van der Waals surface area contributed by atoms with Crippen molar-refractivity contribution in [3.63, 3.8) is 0 Å². The molecule has 1 unspecified atom stereocenters. The summed E-state index contributed by atoms with van der Waals surface area (Å²) in [6.45, 7) is 6.29. The SMILES string of the molecule is Cl.Cl.O=C(O)CCCCCCCCCCCCC1C=CCC1.OCCN1CCN(CCCN2c3ccccc3Sc3ccc(C(F)(F)F)cc32)CC1. The number of aliphatic hydroxyl groups excluding tert-OH is 1. The molecule has 1 saturated heterocycles. The van der Waals surface area contributed by atoms with E-state index in [1.165, 1.54) is 94.5 Å². The molecule has 0 radical (unpaired) electrons. The minimum absolute atomic E-state index is 0. The van der Waals surface area contributed by atoms with E-state index >= 15 is 0 Å². The van der Waals surface area contributed by atoms with Gasteiger partial charge >= 0.3 is 12.1 Å². The van der Waals surface area contributed by atoms with Gasteiger partial charge in [-0.1, -0.05) is 93.8 Å². The summed E-state index contributed by atoms with van der Waals surface area (Å²) in [5.41, 5.74) is 1.01. The zero-order chi connectivity index (χ0) is 35.6. The van der Waals surface area contributed by atoms with E-state index in [9.17, 15) is 18.0 Å². The minimum atomic E-state index is -4.35. The molecule has 294 valence electrons. The number of allylic oxidation sites excluding steroid dienone is 2. The molecule has 0 bridgehead atoms. The fourth-order valence-corrected chi connectivity index (χ4v) is 8.19. The number of halogens is 5. The van der Waals surface area contributed by atoms with Crippen molar-refractivity contribution in [3.05, 3.63) is 60.2 Å². The number of hydrogen-bond donors (Lipinski definition) is 2. The van der Waals surface area contributed by atoms with Gasteiger partial charge in [0.25, 0.3) is 0 Å². The third-order valence-corrected chi connectivity index (χ3v) is 11.1. The molecule has 3 aliphatic rings. The van der Waals surface area contributed by atoms with Crippen molar-refractivity contribution in [3.8, 4) is 0 Å². The Hall–Kier alpha value is -1.95. The number of aliphatic carboxylic acids is 1. The maximum atomic E-state index is 13.3. The molecule has 0 saturated carbocycles. The highest BCUT2D eigenvalue weighted by Gasteiger charge is 2.33. The molecule has 2 heterocycles. The number of anilines is 2. The Balaban J connectivity index is 0.000000375. The van der Waals surface area contributed by atoms with Gasteiger partial charge in [0.05, 0.1) is 23.5 Å². The van der Waals surface area contributed by atoms with Gasteiger partial charge in [0.15, 0.2) is 0 Å². The maximum Gasteiger partial charge on any atom is 0.416 e. The Morgan fingerprint density at radius 1 is 0.750 bits per heavy atom. The van der Waals surface area contributed by atoms with Gasteiger partial charge in [-0.2, -0.15) is 13.2 Å². The van der Waals surface area contributed by atoms with Crippen LogP contribution in [-0.4, -0.2) is 78.4 Å². The lowest BCUT2D eigenvalue weighted by atomic mass is 9.99. The summed E-state index contributed by atoms with van der Waals surface area (Å²) in [5.74, 6) is 0.235. The number of carboxylic acid groups (broad SMARTS) is 1. The number of nitrogens with zero attached hydrogens (tertiary/aromatic N) is 3. The van der Waals surface area contributed by atoms with Crippen molar-refractivity contribution in [2.75, 3.05) is 57.3 Å². The minimum Gasteiger partial charge on any atom is -0.481 e. The summed E-state index contributed by atoms with van der Waals surface area (Å²) in [6, 6.07) is 11.9. The van der Waals surface area contributed by atoms with Crippen molar-refractivity contribution in [2.24, 2.45) is 5.92 Å². The van der Waals surface area contributed by atoms with Crippen LogP contribution in [0.5, 0.6) is 0 Å². The number of hydrogen-bond acceptors (Lipinski definition) is 6. The van der Waals surface area contributed by atoms with Crippen LogP contribution in [-0.2, 0) is 11.0 Å². The van der Waals surface area contributed by atoms with E-state index in [0.29, 0.717) is 25.2 Å². The van der Waals surface area contributed by atoms with E-state index in [4.69, 9.17) is 10.2 Å². The van der Waals surface area contributed by atoms with Gasteiger partial charge in [0, 0.05) is 55.5 Å². The average molecular weight is 791 g/mol. The Kier molecular flexibility index (Phi) is 22.4. The predicted molar refractivity (Wildman–Crippen MR) is 213 cm³/mol. The van der Waals surface area contributed by atoms with Crippen molar-refractivity contribution >= 4 is 53.9 Å². The molecule has 5 rings (SSSR count). The number of benzene rings is 2. The van der Waals surface area contributed by atoms with Crippen LogP contribution in [0, 0.1) is 5.92 Å². The van der Waals surface area contributed by atoms with Gasteiger partial charge in [-0.15, -0.1) is 24.8 Å². The van der Waals surface area contributed by atoms with Crippen LogP contribution in [0.3, 0.4) is 0 Å². The van der Waals surface area contributed by atoms with E-state index in [-0.39, 0.29) is 31.4 Å². The molecule has 0 aromatic heterocycles. The Labute approximate surface area is 326 Å². The molecule has 0 spiro atoms. The van der Waals surface area contributed by atoms with Gasteiger partial charge in [0.1, 0.15) is 0 Å². The second-order valence-electron chi connectivity index (χ2n) is 13.9. The van der Waals surface area contributed by atoms with Crippen molar-refractivity contribution in [1.82, 2.24) is 9.80 Å². The summed E-state index contributed by atoms with van der Waals surface area (Å²) in [7, 11) is 0. The lowest BCUT2D eigenvalue weighted by molar-refractivity contribution is -0.138. The molecule has 12 heteroatoms. The fourth-order valence-electron chi connectivity index (χ4n) is 7.11. The van der Waals surface area contributed by atoms with Crippen molar-refractivity contribution in [2.45, 2.75) is 112 Å². The summed E-state index contributed by atoms with van der Waals surface area (Å²) in [5, 5.41) is 17.6. The third-order valence-electron chi connectivity index (χ3n) is 10.0. The molecule has 1 aliphatic carbocycles. The highest BCUT2D eigenvalue weighted by Crippen LogP contribution is 2.49. The fraction of sp³-hybridized carbons (Fsp3) is 0.625. The van der Waals surface area contributed by atoms with Crippen LogP contribution < -0.4 is 4.90 Å². The quantitative estimate of drug-likeness (QED) is 0.108. The van der Waals surface area contributed by atoms with Gasteiger partial charge in [-0.25, -0.2) is 0 Å². The van der Waals surface area contributed by atoms with Crippen LogP contribution in [0.4, 0.5) is 24.5 Å². The van der Waals surface area contributed by atoms with E-state index in [2.05, 4.69) is 22.0 Å². The summed E-state index contributed by atoms with van der Waals surface area (Å²) in [4.78, 5) is 19.0. The number of rotatable bonds is 19. The Bertz CT molecular complexity index is 1330. The van der Waals surface area contributed by atoms with Gasteiger partial charge in [-0.3, -0.25) is 9.69 Å². The van der Waals surface area contributed by atoms with Gasteiger partial charge in [-0.05, 0) is 74.9 Å². The number of alkyl halides is 3. The standard InChI is InChI=1S/C22H26F3N3OS.C18H32O2.2ClH/c23-22(24,25)17-6-7-21-19(16-17)28(18-4-1-2-5-20(18)30-21)9-3-8-26-10-12-27(13-11-26)14-15-29;19-18(20)16-10-8-6-4-2-1-3-5-7-9-13-17-14-11-12-15-17;;/h1-2,4-7,16,29H,3,8-15H2;11,14,17H,1-10,12-13,15-16H2,(H,19,20);2*1H. The second-order valence-corrected chi connectivity index (χ2v) is 15.0. The molecular weight excluding hydrogens is 730 g/mol. The zero-order valence-electron chi connectivity index (χ0n) is 30.5. The molecule has 52 heavy (non-hydrogen) atoms. The lowest BCUT2D eigenvalue weighted by Gasteiger charge is -2.36. The van der Waals surface area contributed by atoms with Crippen molar-refractivity contribution in [1.29, 1.82) is 0 Å². The highest BCUT2D eigenvalue weighted by molar-refractivity contribution is 7.99. The number of aliphatic hydroxyl groups is 1. The predicted octanol–water partition coefficient (Wildman–Crippen LogP) is 10.9. The number of β-amino-alcohol motifs (C(OH)–C–C–N with tert-alkyl or cyclic N) is 1. The summed E-state index contributed by atoms with van der Waals surface area (Å²) < 4.78 is 39.9. The summed E-state index contributed by atoms with van der Waals surface area (Å²) in [6.07, 6.45) is 18.4. The highest BCUT2D eigenvalue weighted by atomic mass is 35.5. The molecule has 1 fully saturated rings. The van der Waals surface area contributed by atoms with Gasteiger partial charge < -0.3 is 20.0 Å². The molecule has 0 amide bonds. The van der Waals surface area contributed by atoms with Crippen LogP contribution in [0.25, 0.3) is 0 Å². The molecule has 2 aliphatic heterocycles. The van der Waals surface area contributed by atoms with Crippen LogP contribution in [0.15, 0.2) is 64.4 Å². The number of carboxylic acids is 1. The molecular formula is C40H60Cl2F3N3O3S. The number of unbranched alkanes of at least 4 members (excludes halogenated alkanes) is 9. The third kappa shape index (κ3) is 16.2. The largest absolute Gasteiger partial charge is 0.481 e. The van der Waals surface area contributed by atoms with E-state index in [0.717, 1.165) is 73.4 Å². The first-order chi connectivity index (χ1) is 24.2. The van der Waals surface area contributed by atoms with Crippen LogP contribution in [0.2, 0.25) is 0 Å². The number of carbonyl (C=O) groups is 1. The molecule has 6 nitrogen and oxygen atoms in total. The molecule has 2 aromatic rings. The van der Waals surface area contributed by atoms with Crippen molar-refractivity contribution < 1.29 is 28.2 Å². The Morgan fingerprint density at radius 2 is 1.35 bits per heavy atom. The Morgan fingerprint density at radius 3 is 1.94 bits per heavy atom. The summed E-state index contributed by atoms with van der Waals surface area (Å²) >= 11 is 1.53. The van der Waals surface area contributed by atoms with E-state index in [1.807, 2.05) is 29.2 Å². The lowest BCUT2D eigenvalue weighted by Crippen LogP contribution is -2.47. The van der Waals surface area contributed by atoms with Crippen LogP contribution >= 0.6 is 36.6 Å². The van der Waals surface area contributed by atoms with Crippen LogP contribution in [0.1, 0.15) is 102 Å². The second kappa shape index (κ2) is 25.2. The smallest absolute Gasteiger partial charge is 0.416 e. The monoisotopic (exact) mass is 789 g/mol.